The van der Waals surface area contributed by atoms with Crippen LogP contribution in [-0.4, -0.2) is 31.6 Å². The van der Waals surface area contributed by atoms with Crippen molar-refractivity contribution in [3.8, 4) is 0 Å². The van der Waals surface area contributed by atoms with Crippen LogP contribution in [0.1, 0.15) is 21.6 Å². The van der Waals surface area contributed by atoms with E-state index in [2.05, 4.69) is 20.6 Å². The molecule has 2 N–H and O–H groups in total. The normalized spacial score (nSPS) is 12.4. The molecule has 1 heterocycles. The van der Waals surface area contributed by atoms with Crippen molar-refractivity contribution in [2.75, 3.05) is 20.7 Å². The van der Waals surface area contributed by atoms with Crippen LogP contribution in [0.15, 0.2) is 35.5 Å². The van der Waals surface area contributed by atoms with Gasteiger partial charge in [-0.05, 0) is 24.6 Å². The van der Waals surface area contributed by atoms with Crippen molar-refractivity contribution in [3.63, 3.8) is 0 Å². The highest BCUT2D eigenvalue weighted by atomic mass is 127. The number of halogens is 2. The lowest BCUT2D eigenvalue weighted by molar-refractivity contribution is 0.106. The molecular weight excluding hydrogens is 459 g/mol. The van der Waals surface area contributed by atoms with Crippen LogP contribution in [0.3, 0.4) is 0 Å². The Balaban J connectivity index is 0.00000288. The molecule has 0 aliphatic rings. The number of aromatic nitrogens is 1. The molecule has 0 aliphatic carbocycles. The molecule has 1 aromatic carbocycles. The maximum Gasteiger partial charge on any atom is 0.191 e. The second-order valence-corrected chi connectivity index (χ2v) is 6.71. The van der Waals surface area contributed by atoms with Crippen LogP contribution in [0.5, 0.6) is 0 Å². The Labute approximate surface area is 168 Å². The van der Waals surface area contributed by atoms with Crippen LogP contribution in [0.4, 0.5) is 0 Å². The summed E-state index contributed by atoms with van der Waals surface area (Å²) in [5, 5.41) is 8.24. The van der Waals surface area contributed by atoms with Gasteiger partial charge >= 0.3 is 0 Å². The predicted octanol–water partition coefficient (Wildman–Crippen LogP) is 3.78. The predicted molar refractivity (Wildman–Crippen MR) is 112 cm³/mol. The lowest BCUT2D eigenvalue weighted by Gasteiger charge is -2.18. The molecule has 0 bridgehead atoms. The van der Waals surface area contributed by atoms with E-state index >= 15 is 0 Å². The third kappa shape index (κ3) is 6.54. The Bertz CT molecular complexity index is 665. The molecule has 24 heavy (non-hydrogen) atoms. The Morgan fingerprint density at radius 2 is 2.21 bits per heavy atom. The number of hydrogen-bond donors (Lipinski definition) is 2. The first kappa shape index (κ1) is 21.1. The van der Waals surface area contributed by atoms with E-state index in [9.17, 15) is 0 Å². The van der Waals surface area contributed by atoms with Crippen molar-refractivity contribution in [1.82, 2.24) is 15.6 Å². The molecule has 0 fully saturated rings. The zero-order valence-electron chi connectivity index (χ0n) is 13.9. The van der Waals surface area contributed by atoms with Crippen molar-refractivity contribution in [2.24, 2.45) is 4.99 Å². The quantitative estimate of drug-likeness (QED) is 0.375. The van der Waals surface area contributed by atoms with Gasteiger partial charge in [-0.1, -0.05) is 23.7 Å². The first-order chi connectivity index (χ1) is 11.1. The third-order valence-corrected chi connectivity index (χ3v) is 4.41. The Hall–Kier alpha value is -0.900. The number of benzene rings is 1. The molecule has 0 saturated carbocycles. The van der Waals surface area contributed by atoms with Crippen molar-refractivity contribution in [3.05, 3.63) is 50.9 Å². The van der Waals surface area contributed by atoms with E-state index < -0.39 is 0 Å². The fourth-order valence-corrected chi connectivity index (χ4v) is 3.02. The molecule has 2 aromatic rings. The van der Waals surface area contributed by atoms with E-state index in [0.29, 0.717) is 24.1 Å². The van der Waals surface area contributed by atoms with Crippen LogP contribution in [-0.2, 0) is 11.3 Å². The number of aliphatic imine (C=N–C) groups is 1. The second-order valence-electron chi connectivity index (χ2n) is 4.95. The molecule has 1 atom stereocenters. The van der Waals surface area contributed by atoms with Crippen LogP contribution in [0.2, 0.25) is 5.02 Å². The van der Waals surface area contributed by atoms with Crippen molar-refractivity contribution < 1.29 is 4.74 Å². The zero-order valence-corrected chi connectivity index (χ0v) is 17.8. The number of nitrogens with one attached hydrogen (secondary N) is 2. The van der Waals surface area contributed by atoms with Crippen molar-refractivity contribution >= 4 is 52.9 Å². The number of nitrogens with zero attached hydrogens (tertiary/aromatic N) is 2. The van der Waals surface area contributed by atoms with Gasteiger partial charge in [0.1, 0.15) is 5.01 Å². The minimum atomic E-state index is -0.102. The molecule has 0 saturated heterocycles. The average Bonchev–Trinajstić information content (AvgIpc) is 2.96. The van der Waals surface area contributed by atoms with E-state index in [1.165, 1.54) is 4.88 Å². The number of methoxy groups -OCH3 is 1. The van der Waals surface area contributed by atoms with Crippen molar-refractivity contribution in [2.45, 2.75) is 19.6 Å². The topological polar surface area (TPSA) is 58.5 Å². The second kappa shape index (κ2) is 10.9. The standard InChI is InChI=1S/C16H21ClN4OS.HI/c1-11-8-19-15(23-11)10-21-16(18-2)20-9-14(22-3)12-5-4-6-13(17)7-12;/h4-8,14H,9-10H2,1-3H3,(H2,18,20,21);1H. The molecule has 0 aliphatic heterocycles. The summed E-state index contributed by atoms with van der Waals surface area (Å²) in [7, 11) is 3.42. The van der Waals surface area contributed by atoms with E-state index in [-0.39, 0.29) is 30.1 Å². The zero-order chi connectivity index (χ0) is 16.7. The largest absolute Gasteiger partial charge is 0.375 e. The first-order valence-electron chi connectivity index (χ1n) is 7.26. The summed E-state index contributed by atoms with van der Waals surface area (Å²) in [6.45, 7) is 3.28. The van der Waals surface area contributed by atoms with E-state index in [0.717, 1.165) is 10.6 Å². The molecular formula is C16H22ClIN4OS. The maximum absolute atomic E-state index is 6.04. The molecule has 0 amide bonds. The van der Waals surface area contributed by atoms with Gasteiger partial charge in [0.05, 0.1) is 12.6 Å². The molecule has 1 unspecified atom stereocenters. The Morgan fingerprint density at radius 1 is 1.42 bits per heavy atom. The fourth-order valence-electron chi connectivity index (χ4n) is 2.10. The smallest absolute Gasteiger partial charge is 0.191 e. The summed E-state index contributed by atoms with van der Waals surface area (Å²) in [5.41, 5.74) is 1.03. The molecule has 5 nitrogen and oxygen atoms in total. The van der Waals surface area contributed by atoms with Gasteiger partial charge in [-0.25, -0.2) is 4.98 Å². The maximum atomic E-state index is 6.04. The minimum Gasteiger partial charge on any atom is -0.375 e. The number of guanidine groups is 1. The van der Waals surface area contributed by atoms with E-state index in [4.69, 9.17) is 16.3 Å². The summed E-state index contributed by atoms with van der Waals surface area (Å²) in [4.78, 5) is 9.74. The highest BCUT2D eigenvalue weighted by Gasteiger charge is 2.12. The van der Waals surface area contributed by atoms with Crippen LogP contribution >= 0.6 is 46.9 Å². The SMILES string of the molecule is CN=C(NCc1ncc(C)s1)NCC(OC)c1cccc(Cl)c1.I. The van der Waals surface area contributed by atoms with Crippen LogP contribution in [0, 0.1) is 6.92 Å². The molecule has 132 valence electrons. The summed E-state index contributed by atoms with van der Waals surface area (Å²) in [5.74, 6) is 0.710. The van der Waals surface area contributed by atoms with Gasteiger partial charge in [0.2, 0.25) is 0 Å². The summed E-state index contributed by atoms with van der Waals surface area (Å²) in [6.07, 6.45) is 1.77. The minimum absolute atomic E-state index is 0. The Morgan fingerprint density at radius 3 is 2.79 bits per heavy atom. The lowest BCUT2D eigenvalue weighted by Crippen LogP contribution is -2.39. The van der Waals surface area contributed by atoms with Crippen molar-refractivity contribution in [1.29, 1.82) is 0 Å². The van der Waals surface area contributed by atoms with Gasteiger partial charge in [-0.3, -0.25) is 4.99 Å². The van der Waals surface area contributed by atoms with Gasteiger partial charge in [0, 0.05) is 36.8 Å². The average molecular weight is 481 g/mol. The molecule has 2 rings (SSSR count). The van der Waals surface area contributed by atoms with Crippen LogP contribution in [0.25, 0.3) is 0 Å². The van der Waals surface area contributed by atoms with E-state index in [1.807, 2.05) is 37.4 Å². The Kier molecular flexibility index (Phi) is 9.57. The summed E-state index contributed by atoms with van der Waals surface area (Å²) in [6, 6.07) is 7.67. The molecule has 0 spiro atoms. The fraction of sp³-hybridized carbons (Fsp3) is 0.375. The van der Waals surface area contributed by atoms with Gasteiger partial charge in [-0.2, -0.15) is 0 Å². The van der Waals surface area contributed by atoms with Gasteiger partial charge in [0.25, 0.3) is 0 Å². The van der Waals surface area contributed by atoms with Gasteiger partial charge in [0.15, 0.2) is 5.96 Å². The van der Waals surface area contributed by atoms with E-state index in [1.54, 1.807) is 25.5 Å². The number of aryl methyl sites for hydroxylation is 1. The molecule has 1 aromatic heterocycles. The first-order valence-corrected chi connectivity index (χ1v) is 8.46. The van der Waals surface area contributed by atoms with Gasteiger partial charge < -0.3 is 15.4 Å². The summed E-state index contributed by atoms with van der Waals surface area (Å²) < 4.78 is 5.54. The summed E-state index contributed by atoms with van der Waals surface area (Å²) >= 11 is 7.71. The monoisotopic (exact) mass is 480 g/mol. The van der Waals surface area contributed by atoms with Gasteiger partial charge in [-0.15, -0.1) is 35.3 Å². The highest BCUT2D eigenvalue weighted by Crippen LogP contribution is 2.19. The lowest BCUT2D eigenvalue weighted by atomic mass is 10.1. The molecule has 0 radical (unpaired) electrons. The third-order valence-electron chi connectivity index (χ3n) is 3.26. The number of ether oxygens (including phenoxy) is 1. The molecule has 8 heteroatoms. The number of hydrogen-bond acceptors (Lipinski definition) is 4. The highest BCUT2D eigenvalue weighted by molar-refractivity contribution is 14.0. The number of thiazole rings is 1. The van der Waals surface area contributed by atoms with Crippen LogP contribution < -0.4 is 10.6 Å². The number of rotatable bonds is 6.